The zero-order valence-electron chi connectivity index (χ0n) is 12.1. The van der Waals surface area contributed by atoms with Crippen LogP contribution in [0.3, 0.4) is 0 Å². The summed E-state index contributed by atoms with van der Waals surface area (Å²) in [5, 5.41) is 0. The Morgan fingerprint density at radius 1 is 1.21 bits per heavy atom. The van der Waals surface area contributed by atoms with Crippen molar-refractivity contribution in [3.8, 4) is 0 Å². The third-order valence-corrected chi connectivity index (χ3v) is 6.76. The van der Waals surface area contributed by atoms with Crippen LogP contribution in [0.1, 0.15) is 57.8 Å². The van der Waals surface area contributed by atoms with Crippen molar-refractivity contribution in [2.24, 2.45) is 17.6 Å². The Morgan fingerprint density at radius 3 is 2.79 bits per heavy atom. The normalized spacial score (nSPS) is 38.7. The Labute approximate surface area is 122 Å². The lowest BCUT2D eigenvalue weighted by atomic mass is 9.76. The summed E-state index contributed by atoms with van der Waals surface area (Å²) in [6, 6.07) is 0.425. The average Bonchev–Trinajstić information content (AvgIpc) is 2.88. The lowest BCUT2D eigenvalue weighted by Crippen LogP contribution is -2.46. The highest BCUT2D eigenvalue weighted by Gasteiger charge is 2.42. The van der Waals surface area contributed by atoms with Gasteiger partial charge in [0.05, 0.1) is 5.60 Å². The van der Waals surface area contributed by atoms with Crippen molar-refractivity contribution in [1.82, 2.24) is 0 Å². The number of hydrogen-bond donors (Lipinski definition) is 1. The minimum absolute atomic E-state index is 0.206. The van der Waals surface area contributed by atoms with Crippen LogP contribution in [-0.2, 0) is 4.74 Å². The standard InChI is InChI=1S/C16H29NOS/c17-15(10-13-4-2-1-3-5-13)14-6-8-18-16(11-14)7-9-19-12-16/h13-15H,1-12,17H2. The van der Waals surface area contributed by atoms with Gasteiger partial charge in [-0.2, -0.15) is 11.8 Å². The molecule has 1 spiro atoms. The van der Waals surface area contributed by atoms with Gasteiger partial charge in [-0.3, -0.25) is 0 Å². The van der Waals surface area contributed by atoms with Gasteiger partial charge in [0.15, 0.2) is 0 Å². The van der Waals surface area contributed by atoms with E-state index in [4.69, 9.17) is 10.5 Å². The van der Waals surface area contributed by atoms with Crippen molar-refractivity contribution < 1.29 is 4.74 Å². The predicted octanol–water partition coefficient (Wildman–Crippen LogP) is 3.59. The lowest BCUT2D eigenvalue weighted by molar-refractivity contribution is -0.0843. The van der Waals surface area contributed by atoms with Crippen molar-refractivity contribution in [3.63, 3.8) is 0 Å². The van der Waals surface area contributed by atoms with Gasteiger partial charge in [-0.15, -0.1) is 0 Å². The summed E-state index contributed by atoms with van der Waals surface area (Å²) >= 11 is 2.06. The zero-order valence-corrected chi connectivity index (χ0v) is 12.9. The second-order valence-corrected chi connectivity index (χ2v) is 8.10. The molecule has 2 heterocycles. The molecule has 3 fully saturated rings. The van der Waals surface area contributed by atoms with E-state index in [1.165, 1.54) is 69.3 Å². The molecule has 2 saturated heterocycles. The Morgan fingerprint density at radius 2 is 2.05 bits per heavy atom. The summed E-state index contributed by atoms with van der Waals surface area (Å²) in [5.41, 5.74) is 6.77. The van der Waals surface area contributed by atoms with E-state index in [-0.39, 0.29) is 5.60 Å². The fourth-order valence-corrected chi connectivity index (χ4v) is 5.67. The molecule has 3 aliphatic rings. The highest BCUT2D eigenvalue weighted by Crippen LogP contribution is 2.42. The number of nitrogens with two attached hydrogens (primary N) is 1. The van der Waals surface area contributed by atoms with E-state index in [9.17, 15) is 0 Å². The van der Waals surface area contributed by atoms with Crippen LogP contribution in [-0.4, -0.2) is 29.8 Å². The molecule has 3 heteroatoms. The van der Waals surface area contributed by atoms with Gasteiger partial charge in [0, 0.05) is 18.4 Å². The summed E-state index contributed by atoms with van der Waals surface area (Å²) < 4.78 is 6.12. The van der Waals surface area contributed by atoms with Crippen LogP contribution < -0.4 is 5.73 Å². The zero-order chi connectivity index (χ0) is 13.1. The largest absolute Gasteiger partial charge is 0.374 e. The molecule has 0 bridgehead atoms. The Kier molecular flexibility index (Phi) is 4.76. The Bertz CT molecular complexity index is 284. The van der Waals surface area contributed by atoms with Gasteiger partial charge in [0.1, 0.15) is 0 Å². The third kappa shape index (κ3) is 3.48. The van der Waals surface area contributed by atoms with Crippen LogP contribution in [0.2, 0.25) is 0 Å². The maximum absolute atomic E-state index is 6.57. The van der Waals surface area contributed by atoms with Crippen LogP contribution in [0.25, 0.3) is 0 Å². The van der Waals surface area contributed by atoms with E-state index in [0.717, 1.165) is 18.4 Å². The van der Waals surface area contributed by atoms with Gasteiger partial charge in [0.25, 0.3) is 0 Å². The number of ether oxygens (including phenoxy) is 1. The molecular formula is C16H29NOS. The van der Waals surface area contributed by atoms with Gasteiger partial charge < -0.3 is 10.5 Å². The molecule has 2 N–H and O–H groups in total. The van der Waals surface area contributed by atoms with E-state index in [2.05, 4.69) is 11.8 Å². The minimum Gasteiger partial charge on any atom is -0.374 e. The molecule has 19 heavy (non-hydrogen) atoms. The average molecular weight is 283 g/mol. The highest BCUT2D eigenvalue weighted by molar-refractivity contribution is 7.99. The van der Waals surface area contributed by atoms with Gasteiger partial charge in [0.2, 0.25) is 0 Å². The lowest BCUT2D eigenvalue weighted by Gasteiger charge is -2.41. The number of hydrogen-bond acceptors (Lipinski definition) is 3. The van der Waals surface area contributed by atoms with Crippen LogP contribution in [0.15, 0.2) is 0 Å². The van der Waals surface area contributed by atoms with E-state index >= 15 is 0 Å². The first-order chi connectivity index (χ1) is 9.27. The molecule has 0 aromatic rings. The van der Waals surface area contributed by atoms with Crippen molar-refractivity contribution in [2.75, 3.05) is 18.1 Å². The number of thioether (sulfide) groups is 1. The van der Waals surface area contributed by atoms with Crippen LogP contribution in [0.4, 0.5) is 0 Å². The first-order valence-electron chi connectivity index (χ1n) is 8.25. The molecule has 0 amide bonds. The first kappa shape index (κ1) is 14.2. The maximum atomic E-state index is 6.57. The summed E-state index contributed by atoms with van der Waals surface area (Å²) in [7, 11) is 0. The molecule has 2 aliphatic heterocycles. The highest BCUT2D eigenvalue weighted by atomic mass is 32.2. The summed E-state index contributed by atoms with van der Waals surface area (Å²) in [6.07, 6.45) is 12.1. The van der Waals surface area contributed by atoms with E-state index in [0.29, 0.717) is 6.04 Å². The van der Waals surface area contributed by atoms with Gasteiger partial charge >= 0.3 is 0 Å². The van der Waals surface area contributed by atoms with Crippen LogP contribution in [0.5, 0.6) is 0 Å². The topological polar surface area (TPSA) is 35.2 Å². The van der Waals surface area contributed by atoms with E-state index in [1.54, 1.807) is 0 Å². The maximum Gasteiger partial charge on any atom is 0.0783 e. The second-order valence-electron chi connectivity index (χ2n) is 6.99. The van der Waals surface area contributed by atoms with Crippen molar-refractivity contribution in [3.05, 3.63) is 0 Å². The molecule has 0 aromatic heterocycles. The molecule has 0 aromatic carbocycles. The van der Waals surface area contributed by atoms with Crippen LogP contribution in [0, 0.1) is 11.8 Å². The third-order valence-electron chi connectivity index (χ3n) is 5.53. The Hall–Kier alpha value is 0.270. The molecule has 3 rings (SSSR count). The quantitative estimate of drug-likeness (QED) is 0.860. The predicted molar refractivity (Wildman–Crippen MR) is 82.5 cm³/mol. The SMILES string of the molecule is NC(CC1CCCCC1)C1CCOC2(CCSC2)C1. The molecule has 110 valence electrons. The van der Waals surface area contributed by atoms with E-state index in [1.807, 2.05) is 0 Å². The molecular weight excluding hydrogens is 254 g/mol. The van der Waals surface area contributed by atoms with Crippen molar-refractivity contribution in [2.45, 2.75) is 69.4 Å². The fourth-order valence-electron chi connectivity index (χ4n) is 4.29. The second kappa shape index (κ2) is 6.36. The van der Waals surface area contributed by atoms with Crippen molar-refractivity contribution >= 4 is 11.8 Å². The molecule has 2 nitrogen and oxygen atoms in total. The summed E-state index contributed by atoms with van der Waals surface area (Å²) in [5.74, 6) is 4.12. The molecule has 1 aliphatic carbocycles. The van der Waals surface area contributed by atoms with Gasteiger partial charge in [-0.1, -0.05) is 32.1 Å². The first-order valence-corrected chi connectivity index (χ1v) is 9.40. The van der Waals surface area contributed by atoms with E-state index < -0.39 is 0 Å². The minimum atomic E-state index is 0.206. The fraction of sp³-hybridized carbons (Fsp3) is 1.00. The smallest absolute Gasteiger partial charge is 0.0783 e. The number of rotatable bonds is 3. The van der Waals surface area contributed by atoms with Gasteiger partial charge in [-0.05, 0) is 43.3 Å². The molecule has 0 radical (unpaired) electrons. The Balaban J connectivity index is 1.52. The molecule has 3 atom stereocenters. The molecule has 1 saturated carbocycles. The van der Waals surface area contributed by atoms with Gasteiger partial charge in [-0.25, -0.2) is 0 Å². The molecule has 3 unspecified atom stereocenters. The summed E-state index contributed by atoms with van der Waals surface area (Å²) in [4.78, 5) is 0. The van der Waals surface area contributed by atoms with Crippen molar-refractivity contribution in [1.29, 1.82) is 0 Å². The monoisotopic (exact) mass is 283 g/mol. The summed E-state index contributed by atoms with van der Waals surface area (Å²) in [6.45, 7) is 0.948. The van der Waals surface area contributed by atoms with Crippen LogP contribution >= 0.6 is 11.8 Å².